The summed E-state index contributed by atoms with van der Waals surface area (Å²) in [5.74, 6) is 2.19. The van der Waals surface area contributed by atoms with Crippen LogP contribution in [0.1, 0.15) is 67.0 Å². The monoisotopic (exact) mass is 435 g/mol. The normalized spacial score (nSPS) is 13.6. The number of aromatic nitrogens is 2. The SMILES string of the molecule is C#Cc1cnc(C(=O)Nc2ccc(C(C)(C)NC(=O)NCCO)cc2C2=CCCCC2)[nH]1. The Morgan fingerprint density at radius 3 is 2.78 bits per heavy atom. The second-order valence-electron chi connectivity index (χ2n) is 8.21. The quantitative estimate of drug-likeness (QED) is 0.429. The van der Waals surface area contributed by atoms with Crippen LogP contribution in [-0.2, 0) is 5.54 Å². The number of H-pyrrole nitrogens is 1. The minimum Gasteiger partial charge on any atom is -0.395 e. The molecular weight excluding hydrogens is 406 g/mol. The summed E-state index contributed by atoms with van der Waals surface area (Å²) in [6.45, 7) is 3.86. The Morgan fingerprint density at radius 2 is 2.12 bits per heavy atom. The van der Waals surface area contributed by atoms with Gasteiger partial charge in [-0.2, -0.15) is 0 Å². The van der Waals surface area contributed by atoms with Gasteiger partial charge in [0.2, 0.25) is 0 Å². The maximum absolute atomic E-state index is 12.7. The number of amides is 3. The van der Waals surface area contributed by atoms with Gasteiger partial charge in [-0.05, 0) is 62.8 Å². The number of hydrogen-bond acceptors (Lipinski definition) is 4. The molecule has 0 bridgehead atoms. The predicted octanol–water partition coefficient (Wildman–Crippen LogP) is 3.13. The summed E-state index contributed by atoms with van der Waals surface area (Å²) < 4.78 is 0. The third-order valence-electron chi connectivity index (χ3n) is 5.40. The molecule has 2 aromatic rings. The number of imidazole rings is 1. The van der Waals surface area contributed by atoms with E-state index in [4.69, 9.17) is 11.5 Å². The minimum absolute atomic E-state index is 0.126. The first-order valence-corrected chi connectivity index (χ1v) is 10.7. The number of urea groups is 1. The molecule has 8 nitrogen and oxygen atoms in total. The van der Waals surface area contributed by atoms with Crippen LogP contribution in [0.4, 0.5) is 10.5 Å². The van der Waals surface area contributed by atoms with Crippen molar-refractivity contribution in [2.24, 2.45) is 0 Å². The van der Waals surface area contributed by atoms with Crippen LogP contribution in [0, 0.1) is 12.3 Å². The molecule has 8 heteroatoms. The lowest BCUT2D eigenvalue weighted by atomic mass is 9.87. The lowest BCUT2D eigenvalue weighted by Crippen LogP contribution is -2.47. The van der Waals surface area contributed by atoms with Crippen molar-refractivity contribution in [1.82, 2.24) is 20.6 Å². The first-order valence-electron chi connectivity index (χ1n) is 10.7. The highest BCUT2D eigenvalue weighted by molar-refractivity contribution is 6.03. The zero-order valence-corrected chi connectivity index (χ0v) is 18.4. The molecule has 5 N–H and O–H groups in total. The summed E-state index contributed by atoms with van der Waals surface area (Å²) in [6.07, 6.45) is 13.1. The Labute approximate surface area is 187 Å². The molecule has 32 heavy (non-hydrogen) atoms. The Morgan fingerprint density at radius 1 is 1.31 bits per heavy atom. The summed E-state index contributed by atoms with van der Waals surface area (Å²) in [4.78, 5) is 31.7. The molecule has 1 aromatic heterocycles. The predicted molar refractivity (Wildman–Crippen MR) is 124 cm³/mol. The molecule has 3 rings (SSSR count). The summed E-state index contributed by atoms with van der Waals surface area (Å²) in [5, 5.41) is 17.4. The van der Waals surface area contributed by atoms with E-state index in [-0.39, 0.29) is 30.9 Å². The smallest absolute Gasteiger partial charge is 0.315 e. The van der Waals surface area contributed by atoms with Crippen molar-refractivity contribution in [2.45, 2.75) is 45.1 Å². The van der Waals surface area contributed by atoms with E-state index in [1.54, 1.807) is 0 Å². The van der Waals surface area contributed by atoms with Crippen LogP contribution in [0.25, 0.3) is 5.57 Å². The largest absolute Gasteiger partial charge is 0.395 e. The first kappa shape index (κ1) is 23.1. The molecule has 1 heterocycles. The minimum atomic E-state index is -0.672. The maximum Gasteiger partial charge on any atom is 0.315 e. The zero-order chi connectivity index (χ0) is 23.1. The summed E-state index contributed by atoms with van der Waals surface area (Å²) in [6, 6.07) is 5.37. The van der Waals surface area contributed by atoms with Crippen molar-refractivity contribution in [1.29, 1.82) is 0 Å². The van der Waals surface area contributed by atoms with E-state index < -0.39 is 5.54 Å². The highest BCUT2D eigenvalue weighted by Crippen LogP contribution is 2.35. The number of aliphatic hydroxyl groups is 1. The van der Waals surface area contributed by atoms with Gasteiger partial charge in [0, 0.05) is 17.8 Å². The Hall–Kier alpha value is -3.57. The van der Waals surface area contributed by atoms with E-state index in [1.165, 1.54) is 6.20 Å². The molecule has 168 valence electrons. The van der Waals surface area contributed by atoms with Gasteiger partial charge >= 0.3 is 6.03 Å². The third-order valence-corrected chi connectivity index (χ3v) is 5.40. The number of nitrogens with one attached hydrogen (secondary N) is 4. The van der Waals surface area contributed by atoms with E-state index in [9.17, 15) is 9.59 Å². The fourth-order valence-electron chi connectivity index (χ4n) is 3.65. The van der Waals surface area contributed by atoms with Gasteiger partial charge in [-0.1, -0.05) is 18.1 Å². The van der Waals surface area contributed by atoms with Gasteiger partial charge in [0.1, 0.15) is 5.69 Å². The number of anilines is 1. The third kappa shape index (κ3) is 5.56. The summed E-state index contributed by atoms with van der Waals surface area (Å²) in [7, 11) is 0. The highest BCUT2D eigenvalue weighted by atomic mass is 16.3. The van der Waals surface area contributed by atoms with Gasteiger partial charge in [-0.15, -0.1) is 6.42 Å². The highest BCUT2D eigenvalue weighted by Gasteiger charge is 2.25. The first-order chi connectivity index (χ1) is 15.3. The number of allylic oxidation sites excluding steroid dienone is 2. The lowest BCUT2D eigenvalue weighted by Gasteiger charge is -2.29. The standard InChI is InChI=1S/C24H29N5O3/c1-4-18-15-26-21(27-18)22(31)28-20-11-10-17(14-19(20)16-8-6-5-7-9-16)24(2,3)29-23(32)25-12-13-30/h1,8,10-11,14-15,30H,5-7,9,12-13H2,2-3H3,(H,26,27)(H,28,31)(H2,25,29,32). The molecule has 1 aliphatic carbocycles. The number of hydrogen-bond donors (Lipinski definition) is 5. The molecule has 0 saturated heterocycles. The van der Waals surface area contributed by atoms with Crippen LogP contribution in [-0.4, -0.2) is 40.2 Å². The molecule has 0 spiro atoms. The fraction of sp³-hybridized carbons (Fsp3) is 0.375. The second-order valence-corrected chi connectivity index (χ2v) is 8.21. The number of nitrogens with zero attached hydrogens (tertiary/aromatic N) is 1. The van der Waals surface area contributed by atoms with E-state index in [0.29, 0.717) is 11.4 Å². The van der Waals surface area contributed by atoms with Crippen LogP contribution in [0.5, 0.6) is 0 Å². The van der Waals surface area contributed by atoms with Crippen molar-refractivity contribution in [3.8, 4) is 12.3 Å². The van der Waals surface area contributed by atoms with Crippen LogP contribution in [0.3, 0.4) is 0 Å². The molecule has 3 amide bonds. The van der Waals surface area contributed by atoms with Crippen LogP contribution in [0.15, 0.2) is 30.5 Å². The maximum atomic E-state index is 12.7. The van der Waals surface area contributed by atoms with Crippen molar-refractivity contribution < 1.29 is 14.7 Å². The topological polar surface area (TPSA) is 119 Å². The molecule has 0 unspecified atom stereocenters. The van der Waals surface area contributed by atoms with Gasteiger partial charge in [0.15, 0.2) is 5.82 Å². The van der Waals surface area contributed by atoms with Crippen molar-refractivity contribution in [2.75, 3.05) is 18.5 Å². The molecule has 0 radical (unpaired) electrons. The Balaban J connectivity index is 1.90. The number of terminal acetylenes is 1. The Kier molecular flexibility index (Phi) is 7.33. The molecule has 1 aromatic carbocycles. The van der Waals surface area contributed by atoms with Gasteiger partial charge in [-0.25, -0.2) is 9.78 Å². The van der Waals surface area contributed by atoms with E-state index in [1.807, 2.05) is 32.0 Å². The number of carbonyl (C=O) groups excluding carboxylic acids is 2. The number of rotatable bonds is 7. The number of aliphatic hydroxyl groups excluding tert-OH is 1. The van der Waals surface area contributed by atoms with Gasteiger partial charge < -0.3 is 26.0 Å². The van der Waals surface area contributed by atoms with Crippen molar-refractivity contribution in [3.63, 3.8) is 0 Å². The molecule has 0 fully saturated rings. The zero-order valence-electron chi connectivity index (χ0n) is 18.4. The molecule has 1 aliphatic rings. The molecule has 0 saturated carbocycles. The van der Waals surface area contributed by atoms with E-state index in [2.05, 4.69) is 37.9 Å². The summed E-state index contributed by atoms with van der Waals surface area (Å²) in [5.41, 5.74) is 3.42. The van der Waals surface area contributed by atoms with Crippen molar-refractivity contribution in [3.05, 3.63) is 53.1 Å². The number of benzene rings is 1. The average molecular weight is 436 g/mol. The Bertz CT molecular complexity index is 1060. The lowest BCUT2D eigenvalue weighted by molar-refractivity contribution is 0.101. The van der Waals surface area contributed by atoms with Crippen LogP contribution >= 0.6 is 0 Å². The molecule has 0 atom stereocenters. The second kappa shape index (κ2) is 10.2. The van der Waals surface area contributed by atoms with E-state index in [0.717, 1.165) is 42.4 Å². The molecule has 0 aliphatic heterocycles. The van der Waals surface area contributed by atoms with Gasteiger partial charge in [0.25, 0.3) is 5.91 Å². The summed E-state index contributed by atoms with van der Waals surface area (Å²) >= 11 is 0. The van der Waals surface area contributed by atoms with Crippen molar-refractivity contribution >= 4 is 23.2 Å². The number of aromatic amines is 1. The van der Waals surface area contributed by atoms with Crippen LogP contribution < -0.4 is 16.0 Å². The van der Waals surface area contributed by atoms with Crippen LogP contribution in [0.2, 0.25) is 0 Å². The van der Waals surface area contributed by atoms with Gasteiger partial charge in [-0.3, -0.25) is 4.79 Å². The van der Waals surface area contributed by atoms with Gasteiger partial charge in [0.05, 0.1) is 18.3 Å². The molecular formula is C24H29N5O3. The number of carbonyl (C=O) groups is 2. The fourth-order valence-corrected chi connectivity index (χ4v) is 3.65. The average Bonchev–Trinajstić information content (AvgIpc) is 3.28. The van der Waals surface area contributed by atoms with E-state index >= 15 is 0 Å².